The van der Waals surface area contributed by atoms with Gasteiger partial charge in [0.1, 0.15) is 11.6 Å². The topological polar surface area (TPSA) is 35.5 Å². The van der Waals surface area contributed by atoms with Crippen LogP contribution in [0.15, 0.2) is 12.1 Å². The van der Waals surface area contributed by atoms with E-state index in [1.54, 1.807) is 6.07 Å². The summed E-state index contributed by atoms with van der Waals surface area (Å²) in [6.45, 7) is 6.03. The fraction of sp³-hybridized carbons (Fsp3) is 0.625. The maximum Gasteiger partial charge on any atom is 0.128 e. The first kappa shape index (κ1) is 13.7. The summed E-state index contributed by atoms with van der Waals surface area (Å²) >= 11 is 0. The zero-order valence-electron chi connectivity index (χ0n) is 12.0. The average molecular weight is 278 g/mol. The maximum absolute atomic E-state index is 13.5. The highest BCUT2D eigenvalue weighted by atomic mass is 19.1. The Morgan fingerprint density at radius 1 is 1.45 bits per heavy atom. The number of halogens is 1. The highest BCUT2D eigenvalue weighted by molar-refractivity contribution is 5.65. The summed E-state index contributed by atoms with van der Waals surface area (Å²) in [4.78, 5) is 2.18. The molecule has 4 heteroatoms. The molecule has 2 N–H and O–H groups in total. The van der Waals surface area contributed by atoms with Crippen LogP contribution in [-0.2, 0) is 0 Å². The van der Waals surface area contributed by atoms with E-state index in [4.69, 9.17) is 0 Å². The van der Waals surface area contributed by atoms with Crippen LogP contribution in [0.3, 0.4) is 0 Å². The van der Waals surface area contributed by atoms with Crippen LogP contribution in [-0.4, -0.2) is 31.3 Å². The highest BCUT2D eigenvalue weighted by Gasteiger charge is 2.33. The van der Waals surface area contributed by atoms with Gasteiger partial charge in [0.2, 0.25) is 0 Å². The smallest absolute Gasteiger partial charge is 0.128 e. The van der Waals surface area contributed by atoms with Gasteiger partial charge in [-0.2, -0.15) is 0 Å². The molecule has 2 aliphatic rings. The van der Waals surface area contributed by atoms with E-state index in [2.05, 4.69) is 17.1 Å². The summed E-state index contributed by atoms with van der Waals surface area (Å²) in [5, 5.41) is 13.6. The van der Waals surface area contributed by atoms with Crippen LogP contribution in [0.1, 0.15) is 37.7 Å². The number of rotatable bonds is 3. The Morgan fingerprint density at radius 2 is 2.30 bits per heavy atom. The molecule has 2 heterocycles. The molecule has 2 aliphatic heterocycles. The van der Waals surface area contributed by atoms with Crippen LogP contribution in [0, 0.1) is 11.7 Å². The number of fused-ring (bicyclic) bond motifs is 1. The van der Waals surface area contributed by atoms with Crippen LogP contribution < -0.4 is 10.2 Å². The van der Waals surface area contributed by atoms with E-state index in [9.17, 15) is 9.50 Å². The van der Waals surface area contributed by atoms with Crippen LogP contribution >= 0.6 is 0 Å². The lowest BCUT2D eigenvalue weighted by Crippen LogP contribution is -2.31. The van der Waals surface area contributed by atoms with Gasteiger partial charge in [-0.1, -0.05) is 0 Å². The number of phenolic OH excluding ortho intramolecular Hbond substituents is 1. The SMILES string of the molecule is CCN1CC(C[C@@H]2CCCNC2)c2c(O)cc(F)cc21. The van der Waals surface area contributed by atoms with E-state index in [0.29, 0.717) is 11.8 Å². The van der Waals surface area contributed by atoms with Gasteiger partial charge in [0.15, 0.2) is 0 Å². The van der Waals surface area contributed by atoms with Crippen molar-refractivity contribution in [1.82, 2.24) is 5.32 Å². The Bertz CT molecular complexity index is 486. The normalized spacial score (nSPS) is 25.8. The average Bonchev–Trinajstić information content (AvgIpc) is 2.78. The quantitative estimate of drug-likeness (QED) is 0.892. The van der Waals surface area contributed by atoms with Crippen LogP contribution in [0.25, 0.3) is 0 Å². The Balaban J connectivity index is 1.84. The number of hydrogen-bond donors (Lipinski definition) is 2. The van der Waals surface area contributed by atoms with Gasteiger partial charge in [-0.15, -0.1) is 0 Å². The van der Waals surface area contributed by atoms with Crippen molar-refractivity contribution in [3.05, 3.63) is 23.5 Å². The second kappa shape index (κ2) is 5.60. The molecule has 0 aliphatic carbocycles. The monoisotopic (exact) mass is 278 g/mol. The summed E-state index contributed by atoms with van der Waals surface area (Å²) in [6, 6.07) is 2.82. The first-order chi connectivity index (χ1) is 9.69. The molecular weight excluding hydrogens is 255 g/mol. The van der Waals surface area contributed by atoms with Crippen molar-refractivity contribution in [3.63, 3.8) is 0 Å². The van der Waals surface area contributed by atoms with Crippen molar-refractivity contribution in [3.8, 4) is 5.75 Å². The zero-order chi connectivity index (χ0) is 14.1. The van der Waals surface area contributed by atoms with E-state index in [0.717, 1.165) is 43.9 Å². The van der Waals surface area contributed by atoms with E-state index in [-0.39, 0.29) is 11.6 Å². The van der Waals surface area contributed by atoms with E-state index in [1.165, 1.54) is 18.9 Å². The van der Waals surface area contributed by atoms with Crippen molar-refractivity contribution in [2.45, 2.75) is 32.1 Å². The maximum atomic E-state index is 13.5. The van der Waals surface area contributed by atoms with Crippen LogP contribution in [0.2, 0.25) is 0 Å². The molecule has 0 bridgehead atoms. The number of nitrogens with zero attached hydrogens (tertiary/aromatic N) is 1. The zero-order valence-corrected chi connectivity index (χ0v) is 12.0. The third-order valence-corrected chi connectivity index (χ3v) is 4.69. The highest BCUT2D eigenvalue weighted by Crippen LogP contribution is 2.45. The van der Waals surface area contributed by atoms with Gasteiger partial charge >= 0.3 is 0 Å². The standard InChI is InChI=1S/C16H23FN2O/c1-2-19-10-12(6-11-4-3-5-18-9-11)16-14(19)7-13(17)8-15(16)20/h7-8,11-12,18,20H,2-6,9-10H2,1H3/t11-,12?/m0/s1. The summed E-state index contributed by atoms with van der Waals surface area (Å²) in [6.07, 6.45) is 3.57. The van der Waals surface area contributed by atoms with Crippen molar-refractivity contribution in [2.24, 2.45) is 5.92 Å². The van der Waals surface area contributed by atoms with Gasteiger partial charge in [-0.05, 0) is 51.3 Å². The molecule has 1 unspecified atom stereocenters. The van der Waals surface area contributed by atoms with Crippen molar-refractivity contribution in [2.75, 3.05) is 31.1 Å². The fourth-order valence-corrected chi connectivity index (χ4v) is 3.74. The first-order valence-electron chi connectivity index (χ1n) is 7.67. The summed E-state index contributed by atoms with van der Waals surface area (Å²) in [5.41, 5.74) is 1.84. The number of likely N-dealkylation sites (N-methyl/N-ethyl adjacent to an activating group) is 1. The fourth-order valence-electron chi connectivity index (χ4n) is 3.74. The molecule has 2 atom stereocenters. The number of piperidine rings is 1. The molecule has 1 aromatic rings. The molecule has 0 aromatic heterocycles. The van der Waals surface area contributed by atoms with Crippen molar-refractivity contribution < 1.29 is 9.50 Å². The molecule has 0 spiro atoms. The molecule has 0 radical (unpaired) electrons. The number of phenols is 1. The van der Waals surface area contributed by atoms with Crippen LogP contribution in [0.4, 0.5) is 10.1 Å². The first-order valence-corrected chi connectivity index (χ1v) is 7.67. The second-order valence-electron chi connectivity index (χ2n) is 6.04. The molecular formula is C16H23FN2O. The van der Waals surface area contributed by atoms with Gasteiger partial charge in [0, 0.05) is 36.3 Å². The lowest BCUT2D eigenvalue weighted by atomic mass is 9.86. The van der Waals surface area contributed by atoms with Crippen molar-refractivity contribution >= 4 is 5.69 Å². The largest absolute Gasteiger partial charge is 0.507 e. The molecule has 0 saturated carbocycles. The predicted octanol–water partition coefficient (Wildman–Crippen LogP) is 2.84. The summed E-state index contributed by atoms with van der Waals surface area (Å²) in [7, 11) is 0. The number of anilines is 1. The summed E-state index contributed by atoms with van der Waals surface area (Å²) in [5.74, 6) is 0.780. The van der Waals surface area contributed by atoms with Gasteiger partial charge in [0.05, 0.1) is 0 Å². The molecule has 1 saturated heterocycles. The van der Waals surface area contributed by atoms with Gasteiger partial charge < -0.3 is 15.3 Å². The molecule has 0 amide bonds. The number of aromatic hydroxyl groups is 1. The molecule has 20 heavy (non-hydrogen) atoms. The van der Waals surface area contributed by atoms with E-state index in [1.807, 2.05) is 0 Å². The number of benzene rings is 1. The van der Waals surface area contributed by atoms with E-state index < -0.39 is 0 Å². The Morgan fingerprint density at radius 3 is 3.00 bits per heavy atom. The molecule has 3 rings (SSSR count). The second-order valence-corrected chi connectivity index (χ2v) is 6.04. The molecule has 110 valence electrons. The third kappa shape index (κ3) is 2.49. The minimum Gasteiger partial charge on any atom is -0.507 e. The predicted molar refractivity (Wildman–Crippen MR) is 78.9 cm³/mol. The van der Waals surface area contributed by atoms with Gasteiger partial charge in [0.25, 0.3) is 0 Å². The Hall–Kier alpha value is -1.29. The minimum atomic E-state index is -0.348. The van der Waals surface area contributed by atoms with Crippen molar-refractivity contribution in [1.29, 1.82) is 0 Å². The molecule has 1 fully saturated rings. The third-order valence-electron chi connectivity index (χ3n) is 4.69. The van der Waals surface area contributed by atoms with Crippen LogP contribution in [0.5, 0.6) is 5.75 Å². The Labute approximate surface area is 119 Å². The lowest BCUT2D eigenvalue weighted by molar-refractivity contribution is 0.336. The number of hydrogen-bond acceptors (Lipinski definition) is 3. The van der Waals surface area contributed by atoms with Gasteiger partial charge in [-0.3, -0.25) is 0 Å². The minimum absolute atomic E-state index is 0.129. The number of nitrogens with one attached hydrogen (secondary N) is 1. The van der Waals surface area contributed by atoms with E-state index >= 15 is 0 Å². The van der Waals surface area contributed by atoms with Gasteiger partial charge in [-0.25, -0.2) is 4.39 Å². The molecule has 1 aromatic carbocycles. The summed E-state index contributed by atoms with van der Waals surface area (Å²) < 4.78 is 13.5. The Kier molecular flexibility index (Phi) is 3.83. The lowest BCUT2D eigenvalue weighted by Gasteiger charge is -2.26. The molecule has 3 nitrogen and oxygen atoms in total.